The summed E-state index contributed by atoms with van der Waals surface area (Å²) in [6.07, 6.45) is 16.3. The molecular formula is C38H52ClN9O2. The molecule has 5 fully saturated rings. The molecule has 12 heteroatoms. The fraction of sp³-hybridized carbons (Fsp3) is 0.553. The lowest BCUT2D eigenvalue weighted by Crippen LogP contribution is -2.47. The highest BCUT2D eigenvalue weighted by atomic mass is 35.5. The molecule has 0 spiro atoms. The summed E-state index contributed by atoms with van der Waals surface area (Å²) in [6, 6.07) is 7.83. The first-order chi connectivity index (χ1) is 24.4. The van der Waals surface area contributed by atoms with Gasteiger partial charge < -0.3 is 26.2 Å². The topological polar surface area (TPSA) is 129 Å². The lowest BCUT2D eigenvalue weighted by molar-refractivity contribution is -0.126. The van der Waals surface area contributed by atoms with Gasteiger partial charge in [-0.1, -0.05) is 44.2 Å². The Bertz CT molecular complexity index is 1590. The van der Waals surface area contributed by atoms with Gasteiger partial charge in [0.25, 0.3) is 0 Å². The van der Waals surface area contributed by atoms with E-state index in [9.17, 15) is 9.59 Å². The standard InChI is InChI=1S/C36H46ClN9O2.C2H6/c1-2-33(47)42-28-5-3-4-23(17-28)19-39-35-32(37)21-40-36(44-35)43-29-20-41-46(22-29)30-6-9-45(10-7-30)11-8-38-34(48)18-31-26-13-24-12-25(15-26)16-27(31)14-24;1-2/h2-5,17,20-22,24-27,30-31H,1,6-16,18-19H2,(H,38,48)(H,42,47)(H2,39,40,43,44);1-2H3. The van der Waals surface area contributed by atoms with Crippen LogP contribution in [-0.4, -0.2) is 62.6 Å². The first kappa shape index (κ1) is 35.9. The van der Waals surface area contributed by atoms with Gasteiger partial charge in [-0.3, -0.25) is 14.3 Å². The van der Waals surface area contributed by atoms with Crippen molar-refractivity contribution in [2.75, 3.05) is 42.1 Å². The second-order valence-corrected chi connectivity index (χ2v) is 14.6. The number of anilines is 4. The third-order valence-electron chi connectivity index (χ3n) is 11.0. The summed E-state index contributed by atoms with van der Waals surface area (Å²) < 4.78 is 2.03. The number of aromatic nitrogens is 4. The Balaban J connectivity index is 0.00000212. The molecule has 11 nitrogen and oxygen atoms in total. The van der Waals surface area contributed by atoms with Crippen molar-refractivity contribution in [1.29, 1.82) is 0 Å². The van der Waals surface area contributed by atoms with E-state index in [1.54, 1.807) is 12.4 Å². The van der Waals surface area contributed by atoms with Gasteiger partial charge in [-0.05, 0) is 98.3 Å². The van der Waals surface area contributed by atoms with Crippen LogP contribution in [0.15, 0.2) is 55.5 Å². The van der Waals surface area contributed by atoms with E-state index in [-0.39, 0.29) is 11.8 Å². The number of benzene rings is 1. The van der Waals surface area contributed by atoms with Crippen molar-refractivity contribution >= 4 is 46.6 Å². The molecule has 1 aliphatic heterocycles. The second-order valence-electron chi connectivity index (χ2n) is 14.2. The molecule has 0 unspecified atom stereocenters. The van der Waals surface area contributed by atoms with Crippen LogP contribution in [0.5, 0.6) is 0 Å². The molecule has 0 radical (unpaired) electrons. The monoisotopic (exact) mass is 701 g/mol. The zero-order valence-electron chi connectivity index (χ0n) is 29.4. The van der Waals surface area contributed by atoms with Crippen molar-refractivity contribution < 1.29 is 9.59 Å². The Kier molecular flexibility index (Phi) is 12.1. The Labute approximate surface area is 301 Å². The Morgan fingerprint density at radius 2 is 1.76 bits per heavy atom. The fourth-order valence-corrected chi connectivity index (χ4v) is 9.00. The predicted octanol–water partition coefficient (Wildman–Crippen LogP) is 7.05. The number of amides is 2. The molecule has 1 saturated heterocycles. The number of hydrogen-bond acceptors (Lipinski definition) is 8. The molecule has 4 N–H and O–H groups in total. The highest BCUT2D eigenvalue weighted by Gasteiger charge is 2.48. The average Bonchev–Trinajstić information content (AvgIpc) is 3.59. The van der Waals surface area contributed by atoms with Crippen molar-refractivity contribution in [3.05, 3.63) is 66.1 Å². The fourth-order valence-electron chi connectivity index (χ4n) is 8.84. The van der Waals surface area contributed by atoms with Crippen LogP contribution in [0.2, 0.25) is 5.02 Å². The SMILES string of the molecule is C=CC(=O)Nc1cccc(CNc2nc(Nc3cnn(C4CCN(CCNC(=O)CC5C6CC7CC(C6)CC5C7)CC4)c3)ncc2Cl)c1.CC. The largest absolute Gasteiger partial charge is 0.365 e. The van der Waals surface area contributed by atoms with Gasteiger partial charge in [-0.25, -0.2) is 4.98 Å². The number of carbonyl (C=O) groups excluding carboxylic acids is 2. The van der Waals surface area contributed by atoms with E-state index in [4.69, 9.17) is 11.6 Å². The molecule has 8 rings (SSSR count). The normalized spacial score (nSPS) is 24.2. The lowest BCUT2D eigenvalue weighted by Gasteiger charge is -2.54. The van der Waals surface area contributed by atoms with E-state index in [0.29, 0.717) is 41.0 Å². The lowest BCUT2D eigenvalue weighted by atomic mass is 9.51. The maximum absolute atomic E-state index is 12.8. The Morgan fingerprint density at radius 1 is 1.02 bits per heavy atom. The van der Waals surface area contributed by atoms with Crippen LogP contribution in [0.3, 0.4) is 0 Å². The van der Waals surface area contributed by atoms with Crippen molar-refractivity contribution in [2.24, 2.45) is 29.6 Å². The minimum atomic E-state index is -0.262. The van der Waals surface area contributed by atoms with Crippen molar-refractivity contribution in [3.8, 4) is 0 Å². The molecule has 4 bridgehead atoms. The van der Waals surface area contributed by atoms with E-state index < -0.39 is 0 Å². The van der Waals surface area contributed by atoms with Gasteiger partial charge in [0.15, 0.2) is 5.82 Å². The summed E-state index contributed by atoms with van der Waals surface area (Å²) >= 11 is 6.39. The predicted molar refractivity (Wildman–Crippen MR) is 199 cm³/mol. The number of likely N-dealkylation sites (tertiary alicyclic amines) is 1. The van der Waals surface area contributed by atoms with Crippen LogP contribution in [0.1, 0.15) is 76.8 Å². The molecule has 268 valence electrons. The molecule has 3 heterocycles. The maximum Gasteiger partial charge on any atom is 0.247 e. The highest BCUT2D eigenvalue weighted by Crippen LogP contribution is 2.57. The number of nitrogens with zero attached hydrogens (tertiary/aromatic N) is 5. The molecule has 4 saturated carbocycles. The third-order valence-corrected chi connectivity index (χ3v) is 11.2. The van der Waals surface area contributed by atoms with E-state index in [0.717, 1.165) is 80.4 Å². The van der Waals surface area contributed by atoms with Crippen LogP contribution in [0, 0.1) is 29.6 Å². The van der Waals surface area contributed by atoms with Gasteiger partial charge in [0.2, 0.25) is 17.8 Å². The molecule has 2 amide bonds. The van der Waals surface area contributed by atoms with Gasteiger partial charge in [-0.15, -0.1) is 0 Å². The van der Waals surface area contributed by atoms with Crippen molar-refractivity contribution in [1.82, 2.24) is 30.0 Å². The Hall–Kier alpha value is -3.96. The summed E-state index contributed by atoms with van der Waals surface area (Å²) in [5.74, 6) is 5.04. The number of halogens is 1. The van der Waals surface area contributed by atoms with Crippen LogP contribution in [0.25, 0.3) is 0 Å². The summed E-state index contributed by atoms with van der Waals surface area (Å²) in [5, 5.41) is 17.5. The number of hydrogen-bond donors (Lipinski definition) is 4. The molecule has 1 aromatic carbocycles. The van der Waals surface area contributed by atoms with Crippen LogP contribution in [-0.2, 0) is 16.1 Å². The third kappa shape index (κ3) is 9.03. The van der Waals surface area contributed by atoms with E-state index in [1.165, 1.54) is 38.2 Å². The zero-order valence-corrected chi connectivity index (χ0v) is 30.2. The minimum Gasteiger partial charge on any atom is -0.365 e. The average molecular weight is 702 g/mol. The van der Waals surface area contributed by atoms with E-state index in [2.05, 4.69) is 47.8 Å². The molecule has 5 aliphatic rings. The summed E-state index contributed by atoms with van der Waals surface area (Å²) in [7, 11) is 0. The molecule has 3 aromatic rings. The van der Waals surface area contributed by atoms with Gasteiger partial charge in [0.05, 0.1) is 24.1 Å². The van der Waals surface area contributed by atoms with Crippen LogP contribution < -0.4 is 21.3 Å². The quantitative estimate of drug-likeness (QED) is 0.140. The first-order valence-electron chi connectivity index (χ1n) is 18.5. The van der Waals surface area contributed by atoms with Crippen LogP contribution in [0.4, 0.5) is 23.1 Å². The van der Waals surface area contributed by atoms with Gasteiger partial charge in [0.1, 0.15) is 5.02 Å². The summed E-state index contributed by atoms with van der Waals surface area (Å²) in [5.41, 5.74) is 2.44. The maximum atomic E-state index is 12.8. The smallest absolute Gasteiger partial charge is 0.247 e. The minimum absolute atomic E-state index is 0.257. The molecule has 4 aliphatic carbocycles. The van der Waals surface area contributed by atoms with Gasteiger partial charge in [0, 0.05) is 51.0 Å². The molecular weight excluding hydrogens is 650 g/mol. The van der Waals surface area contributed by atoms with Crippen molar-refractivity contribution in [3.63, 3.8) is 0 Å². The molecule has 0 atom stereocenters. The van der Waals surface area contributed by atoms with Gasteiger partial charge >= 0.3 is 0 Å². The number of carbonyl (C=O) groups is 2. The highest BCUT2D eigenvalue weighted by molar-refractivity contribution is 6.32. The van der Waals surface area contributed by atoms with Gasteiger partial charge in [-0.2, -0.15) is 10.1 Å². The molecule has 50 heavy (non-hydrogen) atoms. The van der Waals surface area contributed by atoms with Crippen molar-refractivity contribution in [2.45, 2.75) is 77.8 Å². The Morgan fingerprint density at radius 3 is 2.48 bits per heavy atom. The molecule has 2 aromatic heterocycles. The van der Waals surface area contributed by atoms with E-state index >= 15 is 0 Å². The van der Waals surface area contributed by atoms with E-state index in [1.807, 2.05) is 49.0 Å². The summed E-state index contributed by atoms with van der Waals surface area (Å²) in [4.78, 5) is 35.8. The number of rotatable bonds is 13. The second kappa shape index (κ2) is 16.8. The number of nitrogens with one attached hydrogen (secondary N) is 4. The van der Waals surface area contributed by atoms with Crippen LogP contribution >= 0.6 is 11.6 Å². The zero-order chi connectivity index (χ0) is 35.0. The first-order valence-corrected chi connectivity index (χ1v) is 18.8. The summed E-state index contributed by atoms with van der Waals surface area (Å²) in [6.45, 7) is 11.5. The number of piperidine rings is 1.